The molecule has 2 N–H and O–H groups in total. The molecule has 0 aromatic heterocycles. The fourth-order valence-corrected chi connectivity index (χ4v) is 2.68. The molecule has 1 atom stereocenters. The van der Waals surface area contributed by atoms with Gasteiger partial charge in [0, 0.05) is 12.5 Å². The second-order valence-electron chi connectivity index (χ2n) is 6.84. The number of hydrogen-bond donors (Lipinski definition) is 1. The molecule has 0 rings (SSSR count). The van der Waals surface area contributed by atoms with E-state index in [4.69, 9.17) is 10.5 Å². The van der Waals surface area contributed by atoms with Gasteiger partial charge in [-0.15, -0.1) is 0 Å². The van der Waals surface area contributed by atoms with E-state index in [0.29, 0.717) is 13.0 Å². The molecule has 0 aliphatic carbocycles. The van der Waals surface area contributed by atoms with Crippen LogP contribution in [0.2, 0.25) is 0 Å². The Morgan fingerprint density at radius 2 is 1.22 bits per heavy atom. The van der Waals surface area contributed by atoms with E-state index in [2.05, 4.69) is 6.92 Å². The van der Waals surface area contributed by atoms with Gasteiger partial charge in [0.25, 0.3) is 0 Å². The van der Waals surface area contributed by atoms with Crippen molar-refractivity contribution < 1.29 is 9.53 Å². The summed E-state index contributed by atoms with van der Waals surface area (Å²) in [5, 5.41) is 0. The van der Waals surface area contributed by atoms with Gasteiger partial charge in [-0.3, -0.25) is 4.79 Å². The summed E-state index contributed by atoms with van der Waals surface area (Å²) in [5.74, 6) is -0.0861. The van der Waals surface area contributed by atoms with E-state index in [9.17, 15) is 4.79 Å². The topological polar surface area (TPSA) is 52.3 Å². The lowest BCUT2D eigenvalue weighted by Gasteiger charge is -2.09. The third-order valence-electron chi connectivity index (χ3n) is 4.47. The summed E-state index contributed by atoms with van der Waals surface area (Å²) in [7, 11) is 0. The lowest BCUT2D eigenvalue weighted by atomic mass is 10.0. The monoisotopic (exact) mass is 327 g/mol. The predicted molar refractivity (Wildman–Crippen MR) is 99.5 cm³/mol. The summed E-state index contributed by atoms with van der Waals surface area (Å²) in [4.78, 5) is 11.5. The number of rotatable bonds is 17. The molecule has 0 fully saturated rings. The van der Waals surface area contributed by atoms with Gasteiger partial charge in [0.2, 0.25) is 0 Å². The molecule has 3 nitrogen and oxygen atoms in total. The summed E-state index contributed by atoms with van der Waals surface area (Å²) in [6, 6.07) is -0.00871. The molecule has 0 aromatic carbocycles. The van der Waals surface area contributed by atoms with Crippen molar-refractivity contribution in [1.29, 1.82) is 0 Å². The lowest BCUT2D eigenvalue weighted by molar-refractivity contribution is -0.144. The maximum Gasteiger partial charge on any atom is 0.305 e. The minimum Gasteiger partial charge on any atom is -0.464 e. The van der Waals surface area contributed by atoms with E-state index in [1.165, 1.54) is 70.6 Å². The Bertz CT molecular complexity index is 256. The Morgan fingerprint density at radius 3 is 1.65 bits per heavy atom. The van der Waals surface area contributed by atoms with E-state index < -0.39 is 0 Å². The molecule has 0 bridgehead atoms. The van der Waals surface area contributed by atoms with Crippen LogP contribution in [-0.2, 0) is 9.53 Å². The van der Waals surface area contributed by atoms with Gasteiger partial charge in [-0.05, 0) is 12.8 Å². The smallest absolute Gasteiger partial charge is 0.305 e. The third-order valence-corrected chi connectivity index (χ3v) is 4.47. The Hall–Kier alpha value is -0.570. The molecule has 0 aromatic rings. The normalized spacial score (nSPS) is 12.3. The molecule has 0 aliphatic rings. The maximum absolute atomic E-state index is 11.5. The van der Waals surface area contributed by atoms with Crippen molar-refractivity contribution in [3.63, 3.8) is 0 Å². The highest BCUT2D eigenvalue weighted by molar-refractivity contribution is 5.69. The zero-order chi connectivity index (χ0) is 17.2. The summed E-state index contributed by atoms with van der Waals surface area (Å²) in [5.41, 5.74) is 5.72. The van der Waals surface area contributed by atoms with E-state index in [1.54, 1.807) is 0 Å². The van der Waals surface area contributed by atoms with Gasteiger partial charge in [-0.25, -0.2) is 0 Å². The minimum absolute atomic E-state index is 0.00871. The molecule has 138 valence electrons. The fraction of sp³-hybridized carbons (Fsp3) is 0.950. The second kappa shape index (κ2) is 17.8. The molecule has 0 saturated heterocycles. The maximum atomic E-state index is 11.5. The minimum atomic E-state index is -0.0861. The van der Waals surface area contributed by atoms with Crippen LogP contribution in [0.3, 0.4) is 0 Å². The Morgan fingerprint density at radius 1 is 0.783 bits per heavy atom. The Labute approximate surface area is 144 Å². The fourth-order valence-electron chi connectivity index (χ4n) is 2.68. The third kappa shape index (κ3) is 17.6. The molecule has 0 heterocycles. The number of nitrogens with two attached hydrogens (primary N) is 1. The molecule has 0 amide bonds. The van der Waals surface area contributed by atoms with Crippen molar-refractivity contribution in [3.8, 4) is 0 Å². The first-order valence-electron chi connectivity index (χ1n) is 10.1. The first-order chi connectivity index (χ1) is 11.2. The van der Waals surface area contributed by atoms with Gasteiger partial charge in [-0.2, -0.15) is 0 Å². The van der Waals surface area contributed by atoms with Crippen LogP contribution in [0.1, 0.15) is 110 Å². The summed E-state index contributed by atoms with van der Waals surface area (Å²) in [6.07, 6.45) is 18.6. The van der Waals surface area contributed by atoms with Gasteiger partial charge < -0.3 is 10.5 Å². The van der Waals surface area contributed by atoms with Crippen LogP contribution in [0.25, 0.3) is 0 Å². The number of carbonyl (C=O) groups is 1. The van der Waals surface area contributed by atoms with E-state index in [1.807, 2.05) is 6.92 Å². The highest BCUT2D eigenvalue weighted by atomic mass is 16.5. The second-order valence-corrected chi connectivity index (χ2v) is 6.84. The van der Waals surface area contributed by atoms with Crippen LogP contribution >= 0.6 is 0 Å². The van der Waals surface area contributed by atoms with Crippen LogP contribution in [0.5, 0.6) is 0 Å². The number of unbranched alkanes of at least 4 members (excludes halogenated alkanes) is 12. The molecule has 23 heavy (non-hydrogen) atoms. The molecule has 0 aliphatic heterocycles. The Balaban J connectivity index is 3.14. The van der Waals surface area contributed by atoms with Crippen LogP contribution in [0, 0.1) is 0 Å². The van der Waals surface area contributed by atoms with Gasteiger partial charge in [-0.1, -0.05) is 90.9 Å². The van der Waals surface area contributed by atoms with E-state index >= 15 is 0 Å². The van der Waals surface area contributed by atoms with Crippen LogP contribution in [-0.4, -0.2) is 18.6 Å². The number of ether oxygens (including phenoxy) is 1. The molecule has 0 spiro atoms. The van der Waals surface area contributed by atoms with Gasteiger partial charge in [0.05, 0.1) is 0 Å². The standard InChI is InChI=1S/C20H41NO2/c1-3-5-6-7-8-9-10-11-12-13-14-15-16-17-20(22)23-18-19(21)4-2/h19H,3-18,21H2,1-2H3. The summed E-state index contributed by atoms with van der Waals surface area (Å²) >= 11 is 0. The molecule has 3 heteroatoms. The summed E-state index contributed by atoms with van der Waals surface area (Å²) in [6.45, 7) is 4.64. The molecule has 0 saturated carbocycles. The number of esters is 1. The first kappa shape index (κ1) is 22.4. The Kier molecular flexibility index (Phi) is 17.3. The predicted octanol–water partition coefficient (Wildman–Crippen LogP) is 5.75. The van der Waals surface area contributed by atoms with E-state index in [0.717, 1.165) is 19.3 Å². The lowest BCUT2D eigenvalue weighted by Crippen LogP contribution is -2.26. The highest BCUT2D eigenvalue weighted by Gasteiger charge is 2.05. The molecular weight excluding hydrogens is 286 g/mol. The molecular formula is C20H41NO2. The van der Waals surface area contributed by atoms with Crippen molar-refractivity contribution in [2.45, 2.75) is 116 Å². The van der Waals surface area contributed by atoms with Crippen LogP contribution < -0.4 is 5.73 Å². The van der Waals surface area contributed by atoms with Crippen LogP contribution in [0.4, 0.5) is 0 Å². The number of carbonyl (C=O) groups excluding carboxylic acids is 1. The van der Waals surface area contributed by atoms with Gasteiger partial charge in [0.15, 0.2) is 0 Å². The SMILES string of the molecule is CCCCCCCCCCCCCCCC(=O)OCC(N)CC. The first-order valence-corrected chi connectivity index (χ1v) is 10.1. The summed E-state index contributed by atoms with van der Waals surface area (Å²) < 4.78 is 5.14. The highest BCUT2D eigenvalue weighted by Crippen LogP contribution is 2.13. The van der Waals surface area contributed by atoms with E-state index in [-0.39, 0.29) is 12.0 Å². The van der Waals surface area contributed by atoms with Crippen molar-refractivity contribution in [2.24, 2.45) is 5.73 Å². The quantitative estimate of drug-likeness (QED) is 0.273. The average molecular weight is 328 g/mol. The van der Waals surface area contributed by atoms with Crippen LogP contribution in [0.15, 0.2) is 0 Å². The zero-order valence-electron chi connectivity index (χ0n) is 15.8. The number of hydrogen-bond acceptors (Lipinski definition) is 3. The van der Waals surface area contributed by atoms with Crippen molar-refractivity contribution in [1.82, 2.24) is 0 Å². The van der Waals surface area contributed by atoms with Crippen molar-refractivity contribution in [2.75, 3.05) is 6.61 Å². The molecule has 1 unspecified atom stereocenters. The van der Waals surface area contributed by atoms with Gasteiger partial charge >= 0.3 is 5.97 Å². The van der Waals surface area contributed by atoms with Crippen molar-refractivity contribution in [3.05, 3.63) is 0 Å². The zero-order valence-corrected chi connectivity index (χ0v) is 15.8. The largest absolute Gasteiger partial charge is 0.464 e. The molecule has 0 radical (unpaired) electrons. The van der Waals surface area contributed by atoms with Gasteiger partial charge in [0.1, 0.15) is 6.61 Å². The average Bonchev–Trinajstić information content (AvgIpc) is 2.56. The van der Waals surface area contributed by atoms with Crippen molar-refractivity contribution >= 4 is 5.97 Å².